The fourth-order valence-electron chi connectivity index (χ4n) is 1.88. The van der Waals surface area contributed by atoms with Crippen LogP contribution < -0.4 is 11.0 Å². The summed E-state index contributed by atoms with van der Waals surface area (Å²) in [5.74, 6) is 0. The van der Waals surface area contributed by atoms with Gasteiger partial charge in [0.1, 0.15) is 0 Å². The molecular formula is C13H11BrN4O. The lowest BCUT2D eigenvalue weighted by molar-refractivity contribution is 1.04. The monoisotopic (exact) mass is 318 g/mol. The molecule has 3 N–H and O–H groups in total. The number of benzene rings is 1. The molecule has 96 valence electrons. The number of imidazole rings is 1. The number of pyridine rings is 1. The van der Waals surface area contributed by atoms with Gasteiger partial charge in [0.15, 0.2) is 0 Å². The Morgan fingerprint density at radius 1 is 1.21 bits per heavy atom. The molecule has 0 atom stereocenters. The Labute approximate surface area is 117 Å². The van der Waals surface area contributed by atoms with Crippen molar-refractivity contribution in [1.82, 2.24) is 15.0 Å². The van der Waals surface area contributed by atoms with Crippen molar-refractivity contribution in [3.8, 4) is 0 Å². The molecule has 5 nitrogen and oxygen atoms in total. The highest BCUT2D eigenvalue weighted by atomic mass is 79.9. The number of hydrogen-bond donors (Lipinski definition) is 3. The summed E-state index contributed by atoms with van der Waals surface area (Å²) >= 11 is 3.48. The molecular weight excluding hydrogens is 308 g/mol. The molecule has 0 saturated carbocycles. The summed E-state index contributed by atoms with van der Waals surface area (Å²) in [6, 6.07) is 9.55. The van der Waals surface area contributed by atoms with E-state index in [2.05, 4.69) is 36.2 Å². The predicted octanol–water partition coefficient (Wildman–Crippen LogP) is 2.63. The van der Waals surface area contributed by atoms with Gasteiger partial charge >= 0.3 is 5.69 Å². The molecule has 2 heterocycles. The van der Waals surface area contributed by atoms with Crippen molar-refractivity contribution < 1.29 is 0 Å². The smallest absolute Gasteiger partial charge is 0.323 e. The zero-order valence-electron chi connectivity index (χ0n) is 9.90. The van der Waals surface area contributed by atoms with Crippen LogP contribution in [-0.4, -0.2) is 15.0 Å². The molecule has 0 amide bonds. The van der Waals surface area contributed by atoms with Crippen molar-refractivity contribution in [2.24, 2.45) is 0 Å². The number of rotatable bonds is 3. The first-order valence-corrected chi connectivity index (χ1v) is 6.57. The first-order chi connectivity index (χ1) is 9.22. The van der Waals surface area contributed by atoms with Crippen molar-refractivity contribution in [3.63, 3.8) is 0 Å². The first-order valence-electron chi connectivity index (χ1n) is 5.78. The molecule has 3 rings (SSSR count). The molecule has 0 unspecified atom stereocenters. The van der Waals surface area contributed by atoms with Gasteiger partial charge in [-0.1, -0.05) is 6.07 Å². The third-order valence-corrected chi connectivity index (χ3v) is 3.45. The number of H-pyrrole nitrogens is 2. The van der Waals surface area contributed by atoms with Crippen molar-refractivity contribution >= 4 is 32.7 Å². The number of aromatic amines is 2. The average Bonchev–Trinajstić information content (AvgIpc) is 2.76. The van der Waals surface area contributed by atoms with E-state index in [0.717, 1.165) is 26.9 Å². The Bertz CT molecular complexity index is 763. The summed E-state index contributed by atoms with van der Waals surface area (Å²) in [5.41, 5.74) is 3.21. The van der Waals surface area contributed by atoms with Crippen molar-refractivity contribution in [2.45, 2.75) is 6.54 Å². The van der Waals surface area contributed by atoms with Gasteiger partial charge in [0.05, 0.1) is 29.0 Å². The van der Waals surface area contributed by atoms with E-state index in [1.54, 1.807) is 6.20 Å². The van der Waals surface area contributed by atoms with Gasteiger partial charge in [0.2, 0.25) is 0 Å². The maximum absolute atomic E-state index is 11.2. The van der Waals surface area contributed by atoms with Gasteiger partial charge in [0, 0.05) is 10.7 Å². The van der Waals surface area contributed by atoms with Gasteiger partial charge < -0.3 is 15.3 Å². The van der Waals surface area contributed by atoms with E-state index in [1.165, 1.54) is 0 Å². The zero-order chi connectivity index (χ0) is 13.2. The molecule has 3 aromatic rings. The number of halogens is 1. The number of nitrogens with zero attached hydrogens (tertiary/aromatic N) is 1. The fraction of sp³-hybridized carbons (Fsp3) is 0.0769. The van der Waals surface area contributed by atoms with Gasteiger partial charge in [-0.05, 0) is 40.2 Å². The average molecular weight is 319 g/mol. The van der Waals surface area contributed by atoms with Gasteiger partial charge in [-0.2, -0.15) is 0 Å². The number of hydrogen-bond acceptors (Lipinski definition) is 3. The van der Waals surface area contributed by atoms with Crippen molar-refractivity contribution in [2.75, 3.05) is 5.32 Å². The van der Waals surface area contributed by atoms with Crippen LogP contribution in [0.15, 0.2) is 45.8 Å². The van der Waals surface area contributed by atoms with Crippen LogP contribution in [0.4, 0.5) is 5.69 Å². The normalized spacial score (nSPS) is 10.8. The molecule has 0 aliphatic rings. The third-order valence-electron chi connectivity index (χ3n) is 2.79. The minimum Gasteiger partial charge on any atom is -0.378 e. The van der Waals surface area contributed by atoms with Crippen LogP contribution in [0.5, 0.6) is 0 Å². The van der Waals surface area contributed by atoms with E-state index >= 15 is 0 Å². The predicted molar refractivity (Wildman–Crippen MR) is 78.2 cm³/mol. The number of anilines is 1. The molecule has 0 aliphatic heterocycles. The number of aromatic nitrogens is 3. The van der Waals surface area contributed by atoms with Gasteiger partial charge in [0.25, 0.3) is 0 Å². The summed E-state index contributed by atoms with van der Waals surface area (Å²) in [7, 11) is 0. The molecule has 0 fully saturated rings. The topological polar surface area (TPSA) is 73.6 Å². The van der Waals surface area contributed by atoms with Crippen LogP contribution in [0.1, 0.15) is 5.69 Å². The van der Waals surface area contributed by atoms with Crippen LogP contribution in [0, 0.1) is 0 Å². The van der Waals surface area contributed by atoms with Crippen LogP contribution in [0.25, 0.3) is 11.0 Å². The molecule has 19 heavy (non-hydrogen) atoms. The fourth-order valence-corrected chi connectivity index (χ4v) is 2.36. The zero-order valence-corrected chi connectivity index (χ0v) is 11.5. The maximum atomic E-state index is 11.2. The molecule has 2 aromatic heterocycles. The summed E-state index contributed by atoms with van der Waals surface area (Å²) in [4.78, 5) is 20.9. The SMILES string of the molecule is O=c1[nH]c2cc(Br)c(NCc3ccccn3)cc2[nH]1. The van der Waals surface area contributed by atoms with Crippen molar-refractivity contribution in [1.29, 1.82) is 0 Å². The van der Waals surface area contributed by atoms with Crippen LogP contribution >= 0.6 is 15.9 Å². The Balaban J connectivity index is 1.88. The maximum Gasteiger partial charge on any atom is 0.323 e. The number of fused-ring (bicyclic) bond motifs is 1. The lowest BCUT2D eigenvalue weighted by atomic mass is 10.2. The van der Waals surface area contributed by atoms with Crippen molar-refractivity contribution in [3.05, 3.63) is 57.2 Å². The Morgan fingerprint density at radius 3 is 2.74 bits per heavy atom. The Morgan fingerprint density at radius 2 is 2.00 bits per heavy atom. The highest BCUT2D eigenvalue weighted by Gasteiger charge is 2.05. The van der Waals surface area contributed by atoms with E-state index in [1.807, 2.05) is 30.3 Å². The summed E-state index contributed by atoms with van der Waals surface area (Å²) in [6.45, 7) is 0.625. The summed E-state index contributed by atoms with van der Waals surface area (Å²) in [6.07, 6.45) is 1.76. The molecule has 0 saturated heterocycles. The largest absolute Gasteiger partial charge is 0.378 e. The van der Waals surface area contributed by atoms with E-state index < -0.39 is 0 Å². The Kier molecular flexibility index (Phi) is 3.08. The second-order valence-corrected chi connectivity index (χ2v) is 4.99. The molecule has 0 spiro atoms. The molecule has 0 bridgehead atoms. The first kappa shape index (κ1) is 12.0. The van der Waals surface area contributed by atoms with Crippen LogP contribution in [0.2, 0.25) is 0 Å². The minimum absolute atomic E-state index is 0.205. The molecule has 6 heteroatoms. The summed E-state index contributed by atoms with van der Waals surface area (Å²) in [5, 5.41) is 3.29. The quantitative estimate of drug-likeness (QED) is 0.695. The van der Waals surface area contributed by atoms with Gasteiger partial charge in [-0.15, -0.1) is 0 Å². The second-order valence-electron chi connectivity index (χ2n) is 4.13. The van der Waals surface area contributed by atoms with Crippen LogP contribution in [-0.2, 0) is 6.54 Å². The van der Waals surface area contributed by atoms with E-state index in [9.17, 15) is 4.79 Å². The highest BCUT2D eigenvalue weighted by molar-refractivity contribution is 9.10. The summed E-state index contributed by atoms with van der Waals surface area (Å²) < 4.78 is 0.895. The lowest BCUT2D eigenvalue weighted by Crippen LogP contribution is -2.01. The van der Waals surface area contributed by atoms with Gasteiger partial charge in [-0.25, -0.2) is 4.79 Å². The number of nitrogens with one attached hydrogen (secondary N) is 3. The minimum atomic E-state index is -0.205. The highest BCUT2D eigenvalue weighted by Crippen LogP contribution is 2.26. The molecule has 1 aromatic carbocycles. The Hall–Kier alpha value is -2.08. The molecule has 0 radical (unpaired) electrons. The van der Waals surface area contributed by atoms with E-state index in [4.69, 9.17) is 0 Å². The second kappa shape index (κ2) is 4.89. The van der Waals surface area contributed by atoms with E-state index in [-0.39, 0.29) is 5.69 Å². The standard InChI is InChI=1S/C13H11BrN4O/c14-9-5-11-12(18-13(19)17-11)6-10(9)16-7-8-3-1-2-4-15-8/h1-6,16H,7H2,(H2,17,18,19). The van der Waals surface area contributed by atoms with Crippen LogP contribution in [0.3, 0.4) is 0 Å². The third kappa shape index (κ3) is 2.53. The molecule has 0 aliphatic carbocycles. The van der Waals surface area contributed by atoms with E-state index in [0.29, 0.717) is 6.54 Å². The van der Waals surface area contributed by atoms with Gasteiger partial charge in [-0.3, -0.25) is 4.98 Å². The lowest BCUT2D eigenvalue weighted by Gasteiger charge is -2.08.